The predicted molar refractivity (Wildman–Crippen MR) is 66.0 cm³/mol. The first kappa shape index (κ1) is 37.8. The number of nitrogens with zero attached hydrogens (tertiary/aromatic N) is 2. The maximum Gasteiger partial charge on any atom is 0.218 e. The molecule has 5 heteroatoms. The second-order valence-corrected chi connectivity index (χ2v) is 2.11. The molecule has 0 radical (unpaired) electrons. The van der Waals surface area contributed by atoms with Gasteiger partial charge in [0, 0.05) is 29.4 Å². The lowest BCUT2D eigenvalue weighted by atomic mass is 10.4. The van der Waals surface area contributed by atoms with E-state index in [2.05, 4.69) is 11.4 Å². The molecule has 0 spiro atoms. The molecule has 90 valence electrons. The molecule has 0 aromatic heterocycles. The molecule has 0 fully saturated rings. The highest BCUT2D eigenvalue weighted by molar-refractivity contribution is 5.11. The standard InChI is InChI=1S/C4H7N.C4H5N.2CH4.O2.H2O/c1-4(2)5-3;1-4(2)3-5;;;1-2;/h4H,1-2H3;1H2,2H3;2*1H4;;1H2. The molecule has 0 atom stereocenters. The molecule has 2 N–H and O–H groups in total. The van der Waals surface area contributed by atoms with Crippen molar-refractivity contribution in [2.45, 2.75) is 41.7 Å². The number of hydrogen-bond acceptors (Lipinski definition) is 3. The van der Waals surface area contributed by atoms with Gasteiger partial charge in [-0.15, -0.1) is 0 Å². The third-order valence-electron chi connectivity index (χ3n) is 0.449. The molecular formula is C10H22N2O3. The molecule has 0 bridgehead atoms. The third-order valence-corrected chi connectivity index (χ3v) is 0.449. The van der Waals surface area contributed by atoms with E-state index in [1.54, 1.807) is 6.92 Å². The van der Waals surface area contributed by atoms with E-state index in [-0.39, 0.29) is 26.4 Å². The van der Waals surface area contributed by atoms with Crippen molar-refractivity contribution in [1.82, 2.24) is 0 Å². The van der Waals surface area contributed by atoms with Gasteiger partial charge in [0.15, 0.2) is 0 Å². The fourth-order valence-electron chi connectivity index (χ4n) is 0. The first-order valence-electron chi connectivity index (χ1n) is 3.13. The zero-order chi connectivity index (χ0) is 10.6. The van der Waals surface area contributed by atoms with E-state index in [4.69, 9.17) is 21.8 Å². The van der Waals surface area contributed by atoms with Gasteiger partial charge in [0.2, 0.25) is 6.04 Å². The van der Waals surface area contributed by atoms with Crippen molar-refractivity contribution >= 4 is 0 Å². The molecule has 15 heavy (non-hydrogen) atoms. The Kier molecular flexibility index (Phi) is 99.8. The van der Waals surface area contributed by atoms with Gasteiger partial charge in [-0.25, -0.2) is 6.57 Å². The Labute approximate surface area is 92.8 Å². The van der Waals surface area contributed by atoms with Crippen LogP contribution in [-0.4, -0.2) is 11.5 Å². The van der Waals surface area contributed by atoms with Crippen LogP contribution in [0, 0.1) is 27.8 Å². The lowest BCUT2D eigenvalue weighted by molar-refractivity contribution is 0.824. The number of nitriles is 1. The fraction of sp³-hybridized carbons (Fsp3) is 0.600. The summed E-state index contributed by atoms with van der Waals surface area (Å²) >= 11 is 0. The van der Waals surface area contributed by atoms with Crippen molar-refractivity contribution in [2.24, 2.45) is 0 Å². The zero-order valence-corrected chi connectivity index (χ0v) is 8.00. The first-order valence-corrected chi connectivity index (χ1v) is 3.13. The largest absolute Gasteiger partial charge is 0.412 e. The Bertz CT molecular complexity index is 190. The summed E-state index contributed by atoms with van der Waals surface area (Å²) in [7, 11) is 0. The molecule has 5 nitrogen and oxygen atoms in total. The van der Waals surface area contributed by atoms with Crippen LogP contribution in [0.4, 0.5) is 0 Å². The van der Waals surface area contributed by atoms with Crippen LogP contribution >= 0.6 is 0 Å². The summed E-state index contributed by atoms with van der Waals surface area (Å²) < 4.78 is 0. The predicted octanol–water partition coefficient (Wildman–Crippen LogP) is 2.91. The first-order chi connectivity index (χ1) is 5.54. The average Bonchev–Trinajstić information content (AvgIpc) is 2.09. The minimum absolute atomic E-state index is 0. The molecule has 0 unspecified atom stereocenters. The van der Waals surface area contributed by atoms with Gasteiger partial charge in [0.05, 0.1) is 6.07 Å². The Balaban J connectivity index is -0.0000000197. The maximum atomic E-state index is 7.79. The molecule has 0 aromatic carbocycles. The molecule has 0 saturated carbocycles. The van der Waals surface area contributed by atoms with Crippen molar-refractivity contribution in [3.63, 3.8) is 0 Å². The van der Waals surface area contributed by atoms with Gasteiger partial charge < -0.3 is 10.3 Å². The van der Waals surface area contributed by atoms with Gasteiger partial charge >= 0.3 is 0 Å². The van der Waals surface area contributed by atoms with Crippen LogP contribution in [0.15, 0.2) is 12.2 Å². The van der Waals surface area contributed by atoms with E-state index in [1.165, 1.54) is 0 Å². The summed E-state index contributed by atoms with van der Waals surface area (Å²) in [5.41, 5.74) is 0.560. The summed E-state index contributed by atoms with van der Waals surface area (Å²) in [6.45, 7) is 15.0. The smallest absolute Gasteiger partial charge is 0.218 e. The number of rotatable bonds is 0. The summed E-state index contributed by atoms with van der Waals surface area (Å²) in [5.74, 6) is 0. The van der Waals surface area contributed by atoms with E-state index in [9.17, 15) is 0 Å². The molecule has 0 aliphatic rings. The lowest BCUT2D eigenvalue weighted by Crippen LogP contribution is -1.78. The molecular weight excluding hydrogens is 196 g/mol. The van der Waals surface area contributed by atoms with Crippen LogP contribution in [-0.2, 0) is 0 Å². The highest BCUT2D eigenvalue weighted by Gasteiger charge is 1.83. The van der Waals surface area contributed by atoms with Crippen molar-refractivity contribution < 1.29 is 5.48 Å². The maximum absolute atomic E-state index is 7.79. The zero-order valence-electron chi connectivity index (χ0n) is 8.00. The Morgan fingerprint density at radius 1 is 1.40 bits per heavy atom. The Morgan fingerprint density at radius 3 is 1.53 bits per heavy atom. The fourth-order valence-corrected chi connectivity index (χ4v) is 0. The van der Waals surface area contributed by atoms with E-state index in [1.807, 2.05) is 19.9 Å². The second kappa shape index (κ2) is 39.6. The van der Waals surface area contributed by atoms with Crippen LogP contribution in [0.5, 0.6) is 0 Å². The normalized spacial score (nSPS) is 4.67. The van der Waals surface area contributed by atoms with Crippen LogP contribution in [0.3, 0.4) is 0 Å². The third kappa shape index (κ3) is 250. The molecule has 0 saturated heterocycles. The summed E-state index contributed by atoms with van der Waals surface area (Å²) in [6.07, 6.45) is 0. The van der Waals surface area contributed by atoms with Gasteiger partial charge in [0.1, 0.15) is 0 Å². The van der Waals surface area contributed by atoms with E-state index < -0.39 is 0 Å². The number of allylic oxidation sites excluding steroid dienone is 1. The van der Waals surface area contributed by atoms with Crippen molar-refractivity contribution in [2.75, 3.05) is 0 Å². The second-order valence-electron chi connectivity index (χ2n) is 2.11. The van der Waals surface area contributed by atoms with Crippen LogP contribution in [0.25, 0.3) is 4.85 Å². The van der Waals surface area contributed by atoms with Gasteiger partial charge in [0.25, 0.3) is 0 Å². The van der Waals surface area contributed by atoms with E-state index in [0.29, 0.717) is 5.57 Å². The molecule has 0 amide bonds. The summed E-state index contributed by atoms with van der Waals surface area (Å²) in [6, 6.07) is 2.01. The van der Waals surface area contributed by atoms with Crippen LogP contribution in [0.1, 0.15) is 35.6 Å². The quantitative estimate of drug-likeness (QED) is 0.462. The highest BCUT2D eigenvalue weighted by Crippen LogP contribution is 1.79. The molecule has 0 rings (SSSR count). The van der Waals surface area contributed by atoms with Crippen molar-refractivity contribution in [3.8, 4) is 6.07 Å². The summed E-state index contributed by atoms with van der Waals surface area (Å²) in [5, 5.41) is 7.79. The number of hydrogen-bond donors (Lipinski definition) is 0. The minimum atomic E-state index is 0. The molecule has 0 aromatic rings. The molecule has 0 aliphatic carbocycles. The SMILES string of the molecule is C.C.C=C(C)C#N.O.O=O.[C-]#[N+]C(C)C. The van der Waals surface area contributed by atoms with Gasteiger partial charge in [-0.2, -0.15) is 5.26 Å². The minimum Gasteiger partial charge on any atom is -0.412 e. The van der Waals surface area contributed by atoms with Crippen LogP contribution in [0.2, 0.25) is 0 Å². The Morgan fingerprint density at radius 2 is 1.53 bits per heavy atom. The monoisotopic (exact) mass is 218 g/mol. The van der Waals surface area contributed by atoms with E-state index in [0.717, 1.165) is 0 Å². The highest BCUT2D eigenvalue weighted by atomic mass is 16.7. The van der Waals surface area contributed by atoms with Gasteiger partial charge in [-0.05, 0) is 6.92 Å². The lowest BCUT2D eigenvalue weighted by Gasteiger charge is -1.75. The van der Waals surface area contributed by atoms with Crippen LogP contribution < -0.4 is 0 Å². The van der Waals surface area contributed by atoms with E-state index >= 15 is 0 Å². The van der Waals surface area contributed by atoms with Crippen molar-refractivity contribution in [3.05, 3.63) is 33.5 Å². The van der Waals surface area contributed by atoms with Crippen molar-refractivity contribution in [1.29, 1.82) is 5.26 Å². The van der Waals surface area contributed by atoms with Gasteiger partial charge in [-0.3, -0.25) is 0 Å². The van der Waals surface area contributed by atoms with Gasteiger partial charge in [-0.1, -0.05) is 21.4 Å². The topological polar surface area (TPSA) is 93.8 Å². The molecule has 0 heterocycles. The summed E-state index contributed by atoms with van der Waals surface area (Å²) in [4.78, 5) is 17.1. The Hall–Kier alpha value is -1.72. The molecule has 0 aliphatic heterocycles. The average molecular weight is 218 g/mol.